The van der Waals surface area contributed by atoms with E-state index in [1.807, 2.05) is 0 Å². The first-order valence-electron chi connectivity index (χ1n) is 5.16. The van der Waals surface area contributed by atoms with Crippen molar-refractivity contribution in [3.8, 4) is 0 Å². The highest BCUT2D eigenvalue weighted by atomic mass is 32.2. The Morgan fingerprint density at radius 3 is 3.18 bits per heavy atom. The number of anilines is 1. The van der Waals surface area contributed by atoms with Gasteiger partial charge in [-0.2, -0.15) is 0 Å². The van der Waals surface area contributed by atoms with Gasteiger partial charge in [0.05, 0.1) is 19.6 Å². The molecule has 1 aromatic rings. The molecule has 0 aromatic carbocycles. The number of aromatic nitrogens is 2. The van der Waals surface area contributed by atoms with E-state index >= 15 is 0 Å². The molecule has 0 bridgehead atoms. The molecule has 0 fully saturated rings. The Balaban J connectivity index is 2.32. The van der Waals surface area contributed by atoms with Gasteiger partial charge in [0, 0.05) is 18.9 Å². The Morgan fingerprint density at radius 1 is 1.76 bits per heavy atom. The topological polar surface area (TPSA) is 73.2 Å². The van der Waals surface area contributed by atoms with E-state index in [-0.39, 0.29) is 24.0 Å². The number of nitrogens with zero attached hydrogens (tertiary/aromatic N) is 2. The van der Waals surface area contributed by atoms with Crippen molar-refractivity contribution in [3.63, 3.8) is 0 Å². The number of carbonyl (C=O) groups excluding carboxylic acids is 1. The van der Waals surface area contributed by atoms with E-state index in [2.05, 4.69) is 15.0 Å². The monoisotopic (exact) mass is 255 g/mol. The number of methoxy groups -OCH3 is 1. The summed E-state index contributed by atoms with van der Waals surface area (Å²) in [4.78, 5) is 27.4. The molecule has 2 rings (SSSR count). The van der Waals surface area contributed by atoms with E-state index in [1.165, 1.54) is 24.9 Å². The number of nitrogens with one attached hydrogen (secondary N) is 1. The maximum atomic E-state index is 11.9. The lowest BCUT2D eigenvalue weighted by Gasteiger charge is -2.11. The molecular formula is C10H13N3O3S. The van der Waals surface area contributed by atoms with Gasteiger partial charge < -0.3 is 10.1 Å². The summed E-state index contributed by atoms with van der Waals surface area (Å²) in [6.07, 6.45) is 0.205. The van der Waals surface area contributed by atoms with Crippen LogP contribution in [0.25, 0.3) is 0 Å². The molecule has 2 heterocycles. The minimum atomic E-state index is -0.312. The highest BCUT2D eigenvalue weighted by Gasteiger charge is 2.27. The number of hydrogen-bond donors (Lipinski definition) is 1. The van der Waals surface area contributed by atoms with Crippen molar-refractivity contribution < 1.29 is 9.53 Å². The van der Waals surface area contributed by atoms with Crippen LogP contribution in [0.2, 0.25) is 0 Å². The van der Waals surface area contributed by atoms with Crippen molar-refractivity contribution in [1.82, 2.24) is 9.55 Å². The van der Waals surface area contributed by atoms with Gasteiger partial charge in [0.25, 0.3) is 5.56 Å². The molecule has 1 aliphatic heterocycles. The van der Waals surface area contributed by atoms with E-state index in [1.54, 1.807) is 11.6 Å². The first kappa shape index (κ1) is 12.0. The van der Waals surface area contributed by atoms with Crippen molar-refractivity contribution >= 4 is 23.5 Å². The zero-order valence-electron chi connectivity index (χ0n) is 9.60. The Kier molecular flexibility index (Phi) is 3.37. The maximum Gasteiger partial charge on any atom is 0.307 e. The van der Waals surface area contributed by atoms with Crippen LogP contribution in [0, 0.1) is 0 Å². The van der Waals surface area contributed by atoms with Crippen LogP contribution < -0.4 is 10.9 Å². The fourth-order valence-electron chi connectivity index (χ4n) is 1.71. The fourth-order valence-corrected chi connectivity index (χ4v) is 2.86. The molecular weight excluding hydrogens is 242 g/mol. The second-order valence-electron chi connectivity index (χ2n) is 3.63. The quantitative estimate of drug-likeness (QED) is 0.626. The Hall–Kier alpha value is -1.50. The van der Waals surface area contributed by atoms with Gasteiger partial charge in [0.2, 0.25) is 0 Å². The number of esters is 1. The van der Waals surface area contributed by atoms with Gasteiger partial charge >= 0.3 is 5.97 Å². The van der Waals surface area contributed by atoms with Crippen LogP contribution in [0.1, 0.15) is 12.5 Å². The van der Waals surface area contributed by atoms with E-state index in [9.17, 15) is 9.59 Å². The average molecular weight is 255 g/mol. The van der Waals surface area contributed by atoms with Crippen LogP contribution in [0.4, 0.5) is 5.82 Å². The van der Waals surface area contributed by atoms with Crippen molar-refractivity contribution in [2.75, 3.05) is 25.2 Å². The normalized spacial score (nSPS) is 17.6. The Bertz CT molecular complexity index is 500. The Labute approximate surface area is 102 Å². The molecule has 0 radical (unpaired) electrons. The molecule has 6 nitrogen and oxygen atoms in total. The van der Waals surface area contributed by atoms with Gasteiger partial charge in [-0.05, 0) is 0 Å². The van der Waals surface area contributed by atoms with Crippen molar-refractivity contribution in [2.24, 2.45) is 0 Å². The summed E-state index contributed by atoms with van der Waals surface area (Å²) in [5.41, 5.74) is -0.141. The number of ether oxygens (including phenoxy) is 1. The summed E-state index contributed by atoms with van der Waals surface area (Å²) in [6, 6.07) is 1.27. The van der Waals surface area contributed by atoms with Crippen LogP contribution >= 0.6 is 11.8 Å². The highest BCUT2D eigenvalue weighted by molar-refractivity contribution is 7.99. The first-order valence-corrected chi connectivity index (χ1v) is 6.15. The number of hydrogen-bond acceptors (Lipinski definition) is 6. The van der Waals surface area contributed by atoms with E-state index in [0.717, 1.165) is 0 Å². The van der Waals surface area contributed by atoms with Crippen LogP contribution in [0.3, 0.4) is 0 Å². The molecule has 1 atom stereocenters. The maximum absolute atomic E-state index is 11.9. The SMILES string of the molecule is CNc1cc(=O)n2c(n1)SCC2CC(=O)OC. The van der Waals surface area contributed by atoms with Gasteiger partial charge in [0.1, 0.15) is 5.82 Å². The third kappa shape index (κ3) is 2.28. The van der Waals surface area contributed by atoms with Gasteiger partial charge in [-0.15, -0.1) is 0 Å². The minimum absolute atomic E-state index is 0.141. The standard InChI is InChI=1S/C10H13N3O3S/c1-11-7-4-8(14)13-6(3-9(15)16-2)5-17-10(13)12-7/h4,6,11H,3,5H2,1-2H3. The smallest absolute Gasteiger partial charge is 0.307 e. The van der Waals surface area contributed by atoms with E-state index in [4.69, 9.17) is 0 Å². The third-order valence-corrected chi connectivity index (χ3v) is 3.67. The molecule has 0 spiro atoms. The molecule has 17 heavy (non-hydrogen) atoms. The lowest BCUT2D eigenvalue weighted by atomic mass is 10.2. The number of thioether (sulfide) groups is 1. The first-order chi connectivity index (χ1) is 8.15. The van der Waals surface area contributed by atoms with E-state index < -0.39 is 0 Å². The molecule has 0 saturated carbocycles. The van der Waals surface area contributed by atoms with Gasteiger partial charge in [-0.25, -0.2) is 4.98 Å². The second kappa shape index (κ2) is 4.79. The summed E-state index contributed by atoms with van der Waals surface area (Å²) in [5.74, 6) is 0.908. The molecule has 0 saturated heterocycles. The average Bonchev–Trinajstić information content (AvgIpc) is 2.72. The molecule has 7 heteroatoms. The lowest BCUT2D eigenvalue weighted by Crippen LogP contribution is -2.26. The molecule has 1 unspecified atom stereocenters. The second-order valence-corrected chi connectivity index (χ2v) is 4.61. The lowest BCUT2D eigenvalue weighted by molar-refractivity contribution is -0.141. The number of rotatable bonds is 3. The van der Waals surface area contributed by atoms with Crippen LogP contribution in [-0.4, -0.2) is 35.4 Å². The minimum Gasteiger partial charge on any atom is -0.469 e. The zero-order valence-corrected chi connectivity index (χ0v) is 10.4. The molecule has 0 amide bonds. The van der Waals surface area contributed by atoms with Gasteiger partial charge in [0.15, 0.2) is 5.16 Å². The van der Waals surface area contributed by atoms with Crippen LogP contribution in [-0.2, 0) is 9.53 Å². The summed E-state index contributed by atoms with van der Waals surface area (Å²) in [5, 5.41) is 3.48. The molecule has 0 aliphatic carbocycles. The summed E-state index contributed by atoms with van der Waals surface area (Å²) >= 11 is 1.48. The zero-order chi connectivity index (χ0) is 12.4. The van der Waals surface area contributed by atoms with Crippen molar-refractivity contribution in [1.29, 1.82) is 0 Å². The predicted molar refractivity (Wildman–Crippen MR) is 64.4 cm³/mol. The molecule has 1 N–H and O–H groups in total. The molecule has 92 valence electrons. The van der Waals surface area contributed by atoms with Crippen molar-refractivity contribution in [3.05, 3.63) is 16.4 Å². The third-order valence-electron chi connectivity index (χ3n) is 2.58. The van der Waals surface area contributed by atoms with Crippen molar-refractivity contribution in [2.45, 2.75) is 17.6 Å². The highest BCUT2D eigenvalue weighted by Crippen LogP contribution is 2.32. The van der Waals surface area contributed by atoms with Gasteiger partial charge in [-0.3, -0.25) is 14.2 Å². The summed E-state index contributed by atoms with van der Waals surface area (Å²) in [6.45, 7) is 0. The predicted octanol–water partition coefficient (Wildman–Crippen LogP) is 0.495. The molecule has 1 aliphatic rings. The Morgan fingerprint density at radius 2 is 2.53 bits per heavy atom. The van der Waals surface area contributed by atoms with Crippen LogP contribution in [0.15, 0.2) is 16.0 Å². The fraction of sp³-hybridized carbons (Fsp3) is 0.500. The van der Waals surface area contributed by atoms with E-state index in [0.29, 0.717) is 16.7 Å². The van der Waals surface area contributed by atoms with Gasteiger partial charge in [-0.1, -0.05) is 11.8 Å². The summed E-state index contributed by atoms with van der Waals surface area (Å²) < 4.78 is 6.17. The van der Waals surface area contributed by atoms with Crippen LogP contribution in [0.5, 0.6) is 0 Å². The molecule has 1 aromatic heterocycles. The number of carbonyl (C=O) groups is 1. The number of fused-ring (bicyclic) bond motifs is 1. The largest absolute Gasteiger partial charge is 0.469 e. The summed E-state index contributed by atoms with van der Waals surface area (Å²) in [7, 11) is 3.06.